The van der Waals surface area contributed by atoms with Gasteiger partial charge in [-0.1, -0.05) is 26.0 Å². The van der Waals surface area contributed by atoms with Crippen molar-refractivity contribution in [2.24, 2.45) is 5.92 Å². The summed E-state index contributed by atoms with van der Waals surface area (Å²) in [7, 11) is 0. The fourth-order valence-corrected chi connectivity index (χ4v) is 2.53. The largest absolute Gasteiger partial charge is 0.352 e. The number of fused-ring (bicyclic) bond motifs is 1. The molecule has 1 saturated heterocycles. The monoisotopic (exact) mass is 256 g/mol. The summed E-state index contributed by atoms with van der Waals surface area (Å²) in [4.78, 5) is 11.6. The van der Waals surface area contributed by atoms with E-state index in [0.29, 0.717) is 12.0 Å². The number of benzene rings is 1. The van der Waals surface area contributed by atoms with E-state index >= 15 is 0 Å². The van der Waals surface area contributed by atoms with Gasteiger partial charge in [-0.15, -0.1) is 0 Å². The van der Waals surface area contributed by atoms with Crippen LogP contribution in [0.15, 0.2) is 30.5 Å². The first-order valence-corrected chi connectivity index (χ1v) is 6.94. The zero-order valence-corrected chi connectivity index (χ0v) is 11.5. The third-order valence-corrected chi connectivity index (χ3v) is 3.77. The van der Waals surface area contributed by atoms with E-state index in [2.05, 4.69) is 29.0 Å². The van der Waals surface area contributed by atoms with Gasteiger partial charge in [0.25, 0.3) is 0 Å². The SMILES string of the molecule is CC(C)[C@H]1CN(c2cnc3ccccc3n2)CCN1. The van der Waals surface area contributed by atoms with E-state index < -0.39 is 0 Å². The van der Waals surface area contributed by atoms with Crippen molar-refractivity contribution in [2.75, 3.05) is 24.5 Å². The van der Waals surface area contributed by atoms with Gasteiger partial charge in [0.15, 0.2) is 0 Å². The first-order chi connectivity index (χ1) is 9.24. The second-order valence-electron chi connectivity index (χ2n) is 5.47. The molecule has 2 aromatic rings. The standard InChI is InChI=1S/C15H20N4/c1-11(2)14-10-19(8-7-16-14)15-9-17-12-5-3-4-6-13(12)18-15/h3-6,9,11,14,16H,7-8,10H2,1-2H3/t14-/m1/s1. The third kappa shape index (κ3) is 2.54. The molecule has 1 atom stereocenters. The molecule has 100 valence electrons. The van der Waals surface area contributed by atoms with Crippen molar-refractivity contribution < 1.29 is 0 Å². The molecular weight excluding hydrogens is 236 g/mol. The van der Waals surface area contributed by atoms with Crippen molar-refractivity contribution in [3.8, 4) is 0 Å². The summed E-state index contributed by atoms with van der Waals surface area (Å²) >= 11 is 0. The highest BCUT2D eigenvalue weighted by Crippen LogP contribution is 2.18. The molecule has 1 N–H and O–H groups in total. The van der Waals surface area contributed by atoms with Gasteiger partial charge < -0.3 is 10.2 Å². The Morgan fingerprint density at radius 1 is 1.26 bits per heavy atom. The van der Waals surface area contributed by atoms with Crippen molar-refractivity contribution in [3.63, 3.8) is 0 Å². The van der Waals surface area contributed by atoms with Crippen LogP contribution in [0.3, 0.4) is 0 Å². The van der Waals surface area contributed by atoms with Gasteiger partial charge in [0.2, 0.25) is 0 Å². The zero-order chi connectivity index (χ0) is 13.2. The number of piperazine rings is 1. The molecule has 1 aromatic carbocycles. The topological polar surface area (TPSA) is 41.1 Å². The molecule has 1 fully saturated rings. The summed E-state index contributed by atoms with van der Waals surface area (Å²) in [5.41, 5.74) is 1.93. The first kappa shape index (κ1) is 12.4. The minimum absolute atomic E-state index is 0.530. The maximum Gasteiger partial charge on any atom is 0.147 e. The molecule has 19 heavy (non-hydrogen) atoms. The average Bonchev–Trinajstić information content (AvgIpc) is 2.47. The maximum absolute atomic E-state index is 4.73. The van der Waals surface area contributed by atoms with E-state index in [-0.39, 0.29) is 0 Å². The molecule has 0 bridgehead atoms. The summed E-state index contributed by atoms with van der Waals surface area (Å²) in [6.07, 6.45) is 1.89. The number of anilines is 1. The zero-order valence-electron chi connectivity index (χ0n) is 11.5. The molecule has 0 amide bonds. The van der Waals surface area contributed by atoms with Crippen LogP contribution in [0.1, 0.15) is 13.8 Å². The van der Waals surface area contributed by atoms with E-state index in [1.807, 2.05) is 30.5 Å². The Kier molecular flexibility index (Phi) is 3.34. The Labute approximate surface area is 113 Å². The lowest BCUT2D eigenvalue weighted by Crippen LogP contribution is -2.53. The van der Waals surface area contributed by atoms with Crippen molar-refractivity contribution in [1.82, 2.24) is 15.3 Å². The van der Waals surface area contributed by atoms with Crippen LogP contribution in [0.5, 0.6) is 0 Å². The van der Waals surface area contributed by atoms with Gasteiger partial charge in [0.1, 0.15) is 5.82 Å². The third-order valence-electron chi connectivity index (χ3n) is 3.77. The van der Waals surface area contributed by atoms with Crippen LogP contribution in [0, 0.1) is 5.92 Å². The molecule has 0 spiro atoms. The van der Waals surface area contributed by atoms with Crippen molar-refractivity contribution in [1.29, 1.82) is 0 Å². The summed E-state index contributed by atoms with van der Waals surface area (Å²) < 4.78 is 0. The second-order valence-corrected chi connectivity index (χ2v) is 5.47. The highest BCUT2D eigenvalue weighted by Gasteiger charge is 2.22. The van der Waals surface area contributed by atoms with Gasteiger partial charge >= 0.3 is 0 Å². The number of nitrogens with zero attached hydrogens (tertiary/aromatic N) is 3. The predicted octanol–water partition coefficient (Wildman–Crippen LogP) is 2.06. The molecule has 0 saturated carbocycles. The van der Waals surface area contributed by atoms with E-state index in [1.165, 1.54) is 0 Å². The van der Waals surface area contributed by atoms with Crippen molar-refractivity contribution in [2.45, 2.75) is 19.9 Å². The molecule has 0 radical (unpaired) electrons. The number of hydrogen-bond donors (Lipinski definition) is 1. The quantitative estimate of drug-likeness (QED) is 0.893. The number of rotatable bonds is 2. The fourth-order valence-electron chi connectivity index (χ4n) is 2.53. The average molecular weight is 256 g/mol. The Morgan fingerprint density at radius 2 is 2.05 bits per heavy atom. The highest BCUT2D eigenvalue weighted by atomic mass is 15.2. The highest BCUT2D eigenvalue weighted by molar-refractivity contribution is 5.75. The number of hydrogen-bond acceptors (Lipinski definition) is 4. The van der Waals surface area contributed by atoms with Crippen molar-refractivity contribution >= 4 is 16.9 Å². The van der Waals surface area contributed by atoms with E-state index in [4.69, 9.17) is 4.98 Å². The Balaban J connectivity index is 1.87. The van der Waals surface area contributed by atoms with Gasteiger partial charge in [-0.05, 0) is 18.1 Å². The van der Waals surface area contributed by atoms with Gasteiger partial charge in [-0.25, -0.2) is 4.98 Å². The summed E-state index contributed by atoms with van der Waals surface area (Å²) in [6, 6.07) is 8.56. The first-order valence-electron chi connectivity index (χ1n) is 6.94. The molecule has 0 unspecified atom stereocenters. The summed E-state index contributed by atoms with van der Waals surface area (Å²) in [5.74, 6) is 1.63. The lowest BCUT2D eigenvalue weighted by Gasteiger charge is -2.36. The summed E-state index contributed by atoms with van der Waals surface area (Å²) in [6.45, 7) is 7.53. The van der Waals surface area contributed by atoms with Crippen molar-refractivity contribution in [3.05, 3.63) is 30.5 Å². The predicted molar refractivity (Wildman–Crippen MR) is 78.4 cm³/mol. The van der Waals surface area contributed by atoms with E-state index in [0.717, 1.165) is 36.5 Å². The van der Waals surface area contributed by atoms with Crippen LogP contribution in [0.2, 0.25) is 0 Å². The molecule has 1 aliphatic rings. The molecule has 2 heterocycles. The van der Waals surface area contributed by atoms with Crippen LogP contribution < -0.4 is 10.2 Å². The smallest absolute Gasteiger partial charge is 0.147 e. The lowest BCUT2D eigenvalue weighted by molar-refractivity contribution is 0.367. The molecule has 1 aliphatic heterocycles. The van der Waals surface area contributed by atoms with E-state index in [9.17, 15) is 0 Å². The molecular formula is C15H20N4. The number of nitrogens with one attached hydrogen (secondary N) is 1. The molecule has 3 rings (SSSR count). The minimum atomic E-state index is 0.530. The van der Waals surface area contributed by atoms with Crippen LogP contribution in [-0.4, -0.2) is 35.6 Å². The number of para-hydroxylation sites is 2. The maximum atomic E-state index is 4.73. The van der Waals surface area contributed by atoms with Crippen LogP contribution in [0.4, 0.5) is 5.82 Å². The van der Waals surface area contributed by atoms with Crippen LogP contribution >= 0.6 is 0 Å². The Hall–Kier alpha value is -1.68. The minimum Gasteiger partial charge on any atom is -0.352 e. The van der Waals surface area contributed by atoms with Gasteiger partial charge in [0.05, 0.1) is 17.2 Å². The van der Waals surface area contributed by atoms with E-state index in [1.54, 1.807) is 0 Å². The Morgan fingerprint density at radius 3 is 2.84 bits per heavy atom. The molecule has 1 aromatic heterocycles. The van der Waals surface area contributed by atoms with Crippen LogP contribution in [-0.2, 0) is 0 Å². The van der Waals surface area contributed by atoms with Crippen LogP contribution in [0.25, 0.3) is 11.0 Å². The molecule has 0 aliphatic carbocycles. The normalized spacial score (nSPS) is 20.2. The fraction of sp³-hybridized carbons (Fsp3) is 0.467. The molecule has 4 nitrogen and oxygen atoms in total. The Bertz CT molecular complexity index is 567. The second kappa shape index (κ2) is 5.13. The lowest BCUT2D eigenvalue weighted by atomic mass is 10.0. The number of aromatic nitrogens is 2. The van der Waals surface area contributed by atoms with Gasteiger partial charge in [-0.2, -0.15) is 0 Å². The van der Waals surface area contributed by atoms with Gasteiger partial charge in [0, 0.05) is 25.7 Å². The summed E-state index contributed by atoms with van der Waals surface area (Å²) in [5, 5.41) is 3.57. The molecule has 4 heteroatoms. The van der Waals surface area contributed by atoms with Gasteiger partial charge in [-0.3, -0.25) is 4.98 Å².